The van der Waals surface area contributed by atoms with Gasteiger partial charge in [0.1, 0.15) is 18.5 Å². The molecule has 0 aliphatic carbocycles. The van der Waals surface area contributed by atoms with Gasteiger partial charge in [0, 0.05) is 4.90 Å². The molecule has 0 bridgehead atoms. The summed E-state index contributed by atoms with van der Waals surface area (Å²) in [4.78, 5) is 16.9. The van der Waals surface area contributed by atoms with Crippen molar-refractivity contribution in [2.24, 2.45) is 0 Å². The van der Waals surface area contributed by atoms with Crippen LogP contribution in [0.4, 0.5) is 4.39 Å². The molecule has 0 aliphatic heterocycles. The molecule has 1 atom stereocenters. The second kappa shape index (κ2) is 7.94. The number of hydrogen-bond donors (Lipinski definition) is 1. The Morgan fingerprint density at radius 2 is 1.92 bits per heavy atom. The number of amides is 1. The van der Waals surface area contributed by atoms with Crippen LogP contribution in [0.3, 0.4) is 0 Å². The molecule has 1 amide bonds. The summed E-state index contributed by atoms with van der Waals surface area (Å²) in [5.41, 5.74) is 1.91. The van der Waals surface area contributed by atoms with Crippen molar-refractivity contribution in [3.63, 3.8) is 0 Å². The highest BCUT2D eigenvalue weighted by Gasteiger charge is 2.10. The maximum Gasteiger partial charge on any atom is 0.230 e. The lowest BCUT2D eigenvalue weighted by Gasteiger charge is -2.15. The van der Waals surface area contributed by atoms with Crippen LogP contribution in [0.15, 0.2) is 66.1 Å². The summed E-state index contributed by atoms with van der Waals surface area (Å²) in [7, 11) is 0. The fraction of sp³-hybridized carbons (Fsp3) is 0.167. The molecule has 5 nitrogen and oxygen atoms in total. The van der Waals surface area contributed by atoms with Crippen molar-refractivity contribution >= 4 is 17.7 Å². The Kier molecular flexibility index (Phi) is 5.45. The average Bonchev–Trinajstić information content (AvgIpc) is 3.16. The van der Waals surface area contributed by atoms with Crippen LogP contribution in [-0.2, 0) is 4.79 Å². The van der Waals surface area contributed by atoms with Crippen LogP contribution < -0.4 is 5.32 Å². The van der Waals surface area contributed by atoms with Crippen molar-refractivity contribution < 1.29 is 9.18 Å². The van der Waals surface area contributed by atoms with Crippen LogP contribution in [0.1, 0.15) is 18.5 Å². The topological polar surface area (TPSA) is 59.8 Å². The molecule has 25 heavy (non-hydrogen) atoms. The average molecular weight is 356 g/mol. The van der Waals surface area contributed by atoms with Gasteiger partial charge in [-0.3, -0.25) is 4.79 Å². The van der Waals surface area contributed by atoms with Crippen molar-refractivity contribution in [2.75, 3.05) is 5.75 Å². The van der Waals surface area contributed by atoms with Crippen LogP contribution in [0.5, 0.6) is 0 Å². The van der Waals surface area contributed by atoms with Gasteiger partial charge in [-0.1, -0.05) is 12.1 Å². The number of nitrogens with zero attached hydrogens (tertiary/aromatic N) is 3. The van der Waals surface area contributed by atoms with Crippen molar-refractivity contribution in [3.8, 4) is 5.69 Å². The number of nitrogens with one attached hydrogen (secondary N) is 1. The third-order valence-electron chi connectivity index (χ3n) is 3.64. The number of thioether (sulfide) groups is 1. The summed E-state index contributed by atoms with van der Waals surface area (Å²) in [6.07, 6.45) is 3.11. The molecule has 0 saturated heterocycles. The maximum atomic E-state index is 12.9. The summed E-state index contributed by atoms with van der Waals surface area (Å²) in [5.74, 6) is -0.0635. The van der Waals surface area contributed by atoms with Gasteiger partial charge in [0.2, 0.25) is 5.91 Å². The minimum absolute atomic E-state index is 0.0674. The van der Waals surface area contributed by atoms with Crippen molar-refractivity contribution in [1.82, 2.24) is 20.1 Å². The Morgan fingerprint density at radius 1 is 1.20 bits per heavy atom. The standard InChI is InChI=1S/C18H17FN4OS/c1-13(14-2-6-16(7-3-14)23-12-20-11-21-23)22-18(24)10-25-17-8-4-15(19)5-9-17/h2-9,11-13H,10H2,1H3,(H,22,24). The van der Waals surface area contributed by atoms with Gasteiger partial charge in [-0.2, -0.15) is 5.10 Å². The Morgan fingerprint density at radius 3 is 2.56 bits per heavy atom. The number of aromatic nitrogens is 3. The van der Waals surface area contributed by atoms with Gasteiger partial charge in [-0.15, -0.1) is 11.8 Å². The first-order valence-corrected chi connectivity index (χ1v) is 8.73. The number of carbonyl (C=O) groups is 1. The predicted molar refractivity (Wildman–Crippen MR) is 95.0 cm³/mol. The molecule has 3 aromatic rings. The first kappa shape index (κ1) is 17.2. The second-order valence-electron chi connectivity index (χ2n) is 5.46. The fourth-order valence-electron chi connectivity index (χ4n) is 2.30. The maximum absolute atomic E-state index is 12.9. The van der Waals surface area contributed by atoms with E-state index in [2.05, 4.69) is 15.4 Å². The van der Waals surface area contributed by atoms with Gasteiger partial charge in [0.15, 0.2) is 0 Å². The highest BCUT2D eigenvalue weighted by atomic mass is 32.2. The molecule has 1 heterocycles. The van der Waals surface area contributed by atoms with E-state index in [1.807, 2.05) is 31.2 Å². The number of benzene rings is 2. The molecule has 0 fully saturated rings. The lowest BCUT2D eigenvalue weighted by atomic mass is 10.1. The minimum Gasteiger partial charge on any atom is -0.349 e. The highest BCUT2D eigenvalue weighted by molar-refractivity contribution is 8.00. The molecule has 0 radical (unpaired) electrons. The Labute approximate surface area is 149 Å². The van der Waals surface area contributed by atoms with Gasteiger partial charge in [-0.25, -0.2) is 14.1 Å². The Balaban J connectivity index is 1.53. The van der Waals surface area contributed by atoms with Crippen LogP contribution in [0.2, 0.25) is 0 Å². The van der Waals surface area contributed by atoms with Gasteiger partial charge < -0.3 is 5.32 Å². The summed E-state index contributed by atoms with van der Waals surface area (Å²) in [5, 5.41) is 7.04. The largest absolute Gasteiger partial charge is 0.349 e. The highest BCUT2D eigenvalue weighted by Crippen LogP contribution is 2.19. The van der Waals surface area contributed by atoms with E-state index in [0.29, 0.717) is 0 Å². The summed E-state index contributed by atoms with van der Waals surface area (Å²) in [6.45, 7) is 1.94. The third-order valence-corrected chi connectivity index (χ3v) is 4.65. The number of hydrogen-bond acceptors (Lipinski definition) is 4. The van der Waals surface area contributed by atoms with Gasteiger partial charge >= 0.3 is 0 Å². The molecular weight excluding hydrogens is 339 g/mol. The monoisotopic (exact) mass is 356 g/mol. The molecule has 1 aromatic heterocycles. The molecule has 3 rings (SSSR count). The van der Waals surface area contributed by atoms with E-state index in [-0.39, 0.29) is 23.5 Å². The summed E-state index contributed by atoms with van der Waals surface area (Å²) < 4.78 is 14.5. The van der Waals surface area contributed by atoms with Gasteiger partial charge in [-0.05, 0) is 48.9 Å². The van der Waals surface area contributed by atoms with E-state index >= 15 is 0 Å². The van der Waals surface area contributed by atoms with E-state index in [9.17, 15) is 9.18 Å². The van der Waals surface area contributed by atoms with Gasteiger partial charge in [0.25, 0.3) is 0 Å². The molecule has 0 aliphatic rings. The first-order chi connectivity index (χ1) is 12.1. The molecule has 1 N–H and O–H groups in total. The second-order valence-corrected chi connectivity index (χ2v) is 6.51. The summed E-state index contributed by atoms with van der Waals surface area (Å²) in [6, 6.07) is 13.8. The molecule has 7 heteroatoms. The van der Waals surface area contributed by atoms with E-state index in [0.717, 1.165) is 16.1 Å². The number of rotatable bonds is 6. The zero-order valence-corrected chi connectivity index (χ0v) is 14.4. The van der Waals surface area contributed by atoms with E-state index < -0.39 is 0 Å². The van der Waals surface area contributed by atoms with Crippen LogP contribution in [-0.4, -0.2) is 26.4 Å². The van der Waals surface area contributed by atoms with E-state index in [4.69, 9.17) is 0 Å². The molecule has 2 aromatic carbocycles. The quantitative estimate of drug-likeness (QED) is 0.688. The zero-order chi connectivity index (χ0) is 17.6. The van der Waals surface area contributed by atoms with Crippen LogP contribution in [0, 0.1) is 5.82 Å². The molecular formula is C18H17FN4OS. The van der Waals surface area contributed by atoms with Crippen molar-refractivity contribution in [1.29, 1.82) is 0 Å². The minimum atomic E-state index is -0.281. The third kappa shape index (κ3) is 4.67. The van der Waals surface area contributed by atoms with Crippen molar-refractivity contribution in [3.05, 3.63) is 72.6 Å². The van der Waals surface area contributed by atoms with Crippen LogP contribution >= 0.6 is 11.8 Å². The normalized spacial score (nSPS) is 11.9. The molecule has 1 unspecified atom stereocenters. The lowest BCUT2D eigenvalue weighted by Crippen LogP contribution is -2.28. The SMILES string of the molecule is CC(NC(=O)CSc1ccc(F)cc1)c1ccc(-n2cncn2)cc1. The number of carbonyl (C=O) groups excluding carboxylic acids is 1. The van der Waals surface area contributed by atoms with E-state index in [1.54, 1.807) is 23.1 Å². The zero-order valence-electron chi connectivity index (χ0n) is 13.6. The molecule has 0 saturated carbocycles. The predicted octanol–water partition coefficient (Wildman–Crippen LogP) is 3.38. The van der Waals surface area contributed by atoms with Gasteiger partial charge in [0.05, 0.1) is 17.5 Å². The fourth-order valence-corrected chi connectivity index (χ4v) is 3.01. The molecule has 128 valence electrons. The Hall–Kier alpha value is -2.67. The van der Waals surface area contributed by atoms with E-state index in [1.165, 1.54) is 30.2 Å². The van der Waals surface area contributed by atoms with Crippen LogP contribution in [0.25, 0.3) is 5.69 Å². The smallest absolute Gasteiger partial charge is 0.230 e. The number of halogens is 1. The summed E-state index contributed by atoms with van der Waals surface area (Å²) >= 11 is 1.38. The Bertz CT molecular complexity index is 819. The first-order valence-electron chi connectivity index (χ1n) is 7.74. The lowest BCUT2D eigenvalue weighted by molar-refractivity contribution is -0.119. The molecule has 0 spiro atoms. The van der Waals surface area contributed by atoms with Crippen molar-refractivity contribution in [2.45, 2.75) is 17.9 Å².